The summed E-state index contributed by atoms with van der Waals surface area (Å²) >= 11 is 0. The van der Waals surface area contributed by atoms with Gasteiger partial charge in [0.25, 0.3) is 0 Å². The van der Waals surface area contributed by atoms with Gasteiger partial charge in [-0.25, -0.2) is 14.8 Å². The van der Waals surface area contributed by atoms with Crippen LogP contribution in [-0.2, 0) is 0 Å². The van der Waals surface area contributed by atoms with Gasteiger partial charge in [0.2, 0.25) is 0 Å². The molecule has 2 saturated heterocycles. The molecule has 2 aromatic rings. The van der Waals surface area contributed by atoms with Crippen LogP contribution in [0.15, 0.2) is 30.7 Å². The molecule has 3 aliphatic heterocycles. The topological polar surface area (TPSA) is 77.5 Å². The van der Waals surface area contributed by atoms with E-state index < -0.39 is 12.1 Å². The average Bonchev–Trinajstić information content (AvgIpc) is 2.79. The maximum atomic E-state index is 13.3. The third-order valence-electron chi connectivity index (χ3n) is 6.40. The van der Waals surface area contributed by atoms with E-state index in [-0.39, 0.29) is 25.0 Å². The van der Waals surface area contributed by atoms with Gasteiger partial charge in [0, 0.05) is 38.6 Å². The van der Waals surface area contributed by atoms with E-state index in [1.54, 1.807) is 15.9 Å². The van der Waals surface area contributed by atoms with Gasteiger partial charge in [-0.2, -0.15) is 13.2 Å². The normalized spacial score (nSPS) is 23.0. The fourth-order valence-corrected chi connectivity index (χ4v) is 4.84. The molecule has 0 radical (unpaired) electrons. The number of halogens is 3. The Morgan fingerprint density at radius 2 is 1.88 bits per heavy atom. The first kappa shape index (κ1) is 20.8. The minimum absolute atomic E-state index is 0.0695. The van der Waals surface area contributed by atoms with E-state index in [2.05, 4.69) is 20.2 Å². The van der Waals surface area contributed by atoms with Crippen LogP contribution in [-0.4, -0.2) is 59.4 Å². The first-order chi connectivity index (χ1) is 15.4. The predicted octanol–water partition coefficient (Wildman–Crippen LogP) is 3.67. The second-order valence-electron chi connectivity index (χ2n) is 8.47. The number of aromatic nitrogens is 3. The van der Waals surface area contributed by atoms with E-state index >= 15 is 0 Å². The molecule has 5 rings (SSSR count). The van der Waals surface area contributed by atoms with Gasteiger partial charge in [0.1, 0.15) is 5.82 Å². The van der Waals surface area contributed by atoms with Gasteiger partial charge < -0.3 is 9.80 Å². The van der Waals surface area contributed by atoms with Crippen LogP contribution < -0.4 is 20.0 Å². The lowest BCUT2D eigenvalue weighted by Crippen LogP contribution is -2.56. The summed E-state index contributed by atoms with van der Waals surface area (Å²) in [4.78, 5) is 31.5. The molecule has 2 atom stereocenters. The van der Waals surface area contributed by atoms with Crippen LogP contribution in [0.4, 0.5) is 41.1 Å². The Bertz CT molecular complexity index is 987. The van der Waals surface area contributed by atoms with E-state index in [0.717, 1.165) is 25.1 Å². The molecular formula is C21H24F3N7O. The van der Waals surface area contributed by atoms with Crippen molar-refractivity contribution in [1.82, 2.24) is 15.0 Å². The monoisotopic (exact) mass is 447 g/mol. The Labute approximate surface area is 183 Å². The molecule has 0 aromatic carbocycles. The fourth-order valence-electron chi connectivity index (χ4n) is 4.84. The van der Waals surface area contributed by atoms with Crippen LogP contribution in [0.25, 0.3) is 0 Å². The van der Waals surface area contributed by atoms with Crippen LogP contribution in [0.3, 0.4) is 0 Å². The Balaban J connectivity index is 1.47. The van der Waals surface area contributed by atoms with Crippen LogP contribution in [0.5, 0.6) is 0 Å². The van der Waals surface area contributed by atoms with Crippen molar-refractivity contribution in [3.05, 3.63) is 30.7 Å². The lowest BCUT2D eigenvalue weighted by atomic mass is 9.97. The van der Waals surface area contributed by atoms with E-state index in [4.69, 9.17) is 4.98 Å². The number of hydrogen-bond donors (Lipinski definition) is 1. The van der Waals surface area contributed by atoms with Crippen molar-refractivity contribution in [3.63, 3.8) is 0 Å². The number of alkyl halides is 3. The molecule has 2 amide bonds. The Morgan fingerprint density at radius 3 is 2.66 bits per heavy atom. The first-order valence-corrected chi connectivity index (χ1v) is 10.8. The number of hydrogen-bond acceptors (Lipinski definition) is 6. The predicted molar refractivity (Wildman–Crippen MR) is 114 cm³/mol. The summed E-state index contributed by atoms with van der Waals surface area (Å²) in [6.45, 7) is 1.96. The summed E-state index contributed by atoms with van der Waals surface area (Å²) in [5.41, 5.74) is 0.823. The van der Waals surface area contributed by atoms with E-state index in [9.17, 15) is 18.0 Å². The molecule has 0 aliphatic carbocycles. The van der Waals surface area contributed by atoms with Crippen molar-refractivity contribution in [1.29, 1.82) is 0 Å². The summed E-state index contributed by atoms with van der Waals surface area (Å²) in [7, 11) is 0. The van der Waals surface area contributed by atoms with Crippen molar-refractivity contribution in [2.75, 3.05) is 46.2 Å². The number of anilines is 4. The minimum atomic E-state index is -4.22. The molecule has 5 heterocycles. The molecule has 3 aliphatic rings. The van der Waals surface area contributed by atoms with Crippen molar-refractivity contribution in [2.24, 2.45) is 5.92 Å². The first-order valence-electron chi connectivity index (χ1n) is 10.8. The number of fused-ring (bicyclic) bond motifs is 4. The largest absolute Gasteiger partial charge is 0.393 e. The highest BCUT2D eigenvalue weighted by atomic mass is 19.4. The number of piperidine rings is 2. The summed E-state index contributed by atoms with van der Waals surface area (Å²) in [5, 5.41) is 2.77. The molecule has 1 N–H and O–H groups in total. The van der Waals surface area contributed by atoms with Gasteiger partial charge >= 0.3 is 12.2 Å². The van der Waals surface area contributed by atoms with Gasteiger partial charge in [-0.15, -0.1) is 0 Å². The average molecular weight is 447 g/mol. The van der Waals surface area contributed by atoms with Crippen LogP contribution in [0.1, 0.15) is 25.7 Å². The van der Waals surface area contributed by atoms with Gasteiger partial charge in [-0.05, 0) is 37.8 Å². The van der Waals surface area contributed by atoms with E-state index in [1.165, 1.54) is 18.6 Å². The van der Waals surface area contributed by atoms with Crippen molar-refractivity contribution in [2.45, 2.75) is 37.9 Å². The minimum Gasteiger partial charge on any atom is -0.366 e. The molecule has 8 nitrogen and oxygen atoms in total. The SMILES string of the molecule is O=C(Nc1cnccn1)N1c2nc(N3CCCC(C(F)(F)F)C3)ccc2N2CCC[C@@H]1C2. The van der Waals surface area contributed by atoms with Gasteiger partial charge in [0.05, 0.1) is 23.8 Å². The molecule has 1 unspecified atom stereocenters. The number of urea groups is 1. The molecule has 2 bridgehead atoms. The number of nitrogens with zero attached hydrogens (tertiary/aromatic N) is 6. The highest BCUT2D eigenvalue weighted by molar-refractivity contribution is 6.04. The second-order valence-corrected chi connectivity index (χ2v) is 8.47. The smallest absolute Gasteiger partial charge is 0.366 e. The van der Waals surface area contributed by atoms with Gasteiger partial charge in [-0.3, -0.25) is 15.2 Å². The molecular weight excluding hydrogens is 423 g/mol. The summed E-state index contributed by atoms with van der Waals surface area (Å²) in [6.07, 6.45) is 2.61. The number of carbonyl (C=O) groups is 1. The maximum absolute atomic E-state index is 13.3. The standard InChI is InChI=1S/C21H24F3N7O/c22-21(23,24)14-3-1-10-30(12-14)18-6-5-16-19(28-18)31(15-4-2-9-29(16)13-15)20(32)27-17-11-25-7-8-26-17/h5-8,11,14-15H,1-4,9-10,12-13H2,(H,26,27,32)/t14?,15-/m1/s1. The quantitative estimate of drug-likeness (QED) is 0.757. The summed E-state index contributed by atoms with van der Waals surface area (Å²) in [6, 6.07) is 3.21. The zero-order valence-corrected chi connectivity index (χ0v) is 17.4. The summed E-state index contributed by atoms with van der Waals surface area (Å²) in [5.74, 6) is -0.0871. The third kappa shape index (κ3) is 3.91. The highest BCUT2D eigenvalue weighted by Gasteiger charge is 2.43. The fraction of sp³-hybridized carbons (Fsp3) is 0.524. The number of carbonyl (C=O) groups excluding carboxylic acids is 1. The molecule has 32 heavy (non-hydrogen) atoms. The van der Waals surface area contributed by atoms with Crippen LogP contribution in [0, 0.1) is 5.92 Å². The van der Waals surface area contributed by atoms with Crippen LogP contribution >= 0.6 is 0 Å². The lowest BCUT2D eigenvalue weighted by molar-refractivity contribution is -0.176. The van der Waals surface area contributed by atoms with E-state index in [0.29, 0.717) is 37.0 Å². The number of pyridine rings is 1. The Morgan fingerprint density at radius 1 is 1.06 bits per heavy atom. The zero-order valence-electron chi connectivity index (χ0n) is 17.4. The Kier molecular flexibility index (Phi) is 5.26. The van der Waals surface area contributed by atoms with Crippen molar-refractivity contribution in [3.8, 4) is 0 Å². The number of amides is 2. The molecule has 170 valence electrons. The van der Waals surface area contributed by atoms with Crippen LogP contribution in [0.2, 0.25) is 0 Å². The third-order valence-corrected chi connectivity index (χ3v) is 6.40. The number of nitrogens with one attached hydrogen (secondary N) is 1. The molecule has 2 fully saturated rings. The van der Waals surface area contributed by atoms with E-state index in [1.807, 2.05) is 6.07 Å². The van der Waals surface area contributed by atoms with Crippen molar-refractivity contribution < 1.29 is 18.0 Å². The summed E-state index contributed by atoms with van der Waals surface area (Å²) < 4.78 is 39.9. The second kappa shape index (κ2) is 8.10. The maximum Gasteiger partial charge on any atom is 0.393 e. The molecule has 11 heteroatoms. The van der Waals surface area contributed by atoms with Crippen molar-refractivity contribution >= 4 is 29.2 Å². The Hall–Kier alpha value is -3.11. The molecule has 0 spiro atoms. The molecule has 2 aromatic heterocycles. The molecule has 0 saturated carbocycles. The van der Waals surface area contributed by atoms with Gasteiger partial charge in [0.15, 0.2) is 11.6 Å². The zero-order chi connectivity index (χ0) is 22.3. The lowest BCUT2D eigenvalue weighted by Gasteiger charge is -2.46. The van der Waals surface area contributed by atoms with Gasteiger partial charge in [-0.1, -0.05) is 0 Å². The highest BCUT2D eigenvalue weighted by Crippen LogP contribution is 2.41. The number of rotatable bonds is 2.